The molecule has 4 nitrogen and oxygen atoms in total. The molecular formula is C13H19N3O. The lowest BCUT2D eigenvalue weighted by molar-refractivity contribution is 0.0941. The van der Waals surface area contributed by atoms with Crippen molar-refractivity contribution in [3.05, 3.63) is 24.0 Å². The molecule has 92 valence electrons. The van der Waals surface area contributed by atoms with Gasteiger partial charge in [0.15, 0.2) is 0 Å². The van der Waals surface area contributed by atoms with Crippen molar-refractivity contribution in [2.45, 2.75) is 26.7 Å². The minimum atomic E-state index is -0.0822. The first-order valence-electron chi connectivity index (χ1n) is 6.11. The number of rotatable bonds is 5. The van der Waals surface area contributed by atoms with E-state index in [1.54, 1.807) is 12.3 Å². The van der Waals surface area contributed by atoms with Crippen molar-refractivity contribution in [3.63, 3.8) is 0 Å². The van der Waals surface area contributed by atoms with Gasteiger partial charge in [-0.2, -0.15) is 0 Å². The van der Waals surface area contributed by atoms with Crippen LogP contribution in [0.25, 0.3) is 0 Å². The lowest BCUT2D eigenvalue weighted by Crippen LogP contribution is -2.29. The zero-order valence-electron chi connectivity index (χ0n) is 10.4. The standard InChI is InChI=1S/C13H19N3O/c1-3-14-10-4-5-11(15-8-10)12(17)16-9-13(2)6-7-13/h4-5,8,14H,3,6-7,9H2,1-2H3,(H,16,17). The highest BCUT2D eigenvalue weighted by Crippen LogP contribution is 2.44. The molecule has 2 rings (SSSR count). The lowest BCUT2D eigenvalue weighted by atomic mass is 10.1. The smallest absolute Gasteiger partial charge is 0.269 e. The molecule has 0 spiro atoms. The van der Waals surface area contributed by atoms with Crippen LogP contribution in [-0.4, -0.2) is 24.0 Å². The quantitative estimate of drug-likeness (QED) is 0.818. The van der Waals surface area contributed by atoms with Crippen LogP contribution in [0.4, 0.5) is 5.69 Å². The van der Waals surface area contributed by atoms with Crippen LogP contribution in [0.3, 0.4) is 0 Å². The Morgan fingerprint density at radius 3 is 2.76 bits per heavy atom. The molecular weight excluding hydrogens is 214 g/mol. The summed E-state index contributed by atoms with van der Waals surface area (Å²) >= 11 is 0. The molecule has 17 heavy (non-hydrogen) atoms. The molecule has 1 amide bonds. The molecule has 0 atom stereocenters. The van der Waals surface area contributed by atoms with E-state index in [2.05, 4.69) is 22.5 Å². The van der Waals surface area contributed by atoms with E-state index in [1.165, 1.54) is 12.8 Å². The number of amides is 1. The monoisotopic (exact) mass is 233 g/mol. The molecule has 0 aromatic carbocycles. The number of aromatic nitrogens is 1. The summed E-state index contributed by atoms with van der Waals surface area (Å²) in [5, 5.41) is 6.08. The molecule has 1 aromatic heterocycles. The minimum absolute atomic E-state index is 0.0822. The van der Waals surface area contributed by atoms with Crippen molar-refractivity contribution in [1.29, 1.82) is 0 Å². The lowest BCUT2D eigenvalue weighted by Gasteiger charge is -2.10. The van der Waals surface area contributed by atoms with Gasteiger partial charge in [0.25, 0.3) is 5.91 Å². The predicted octanol–water partition coefficient (Wildman–Crippen LogP) is 2.04. The van der Waals surface area contributed by atoms with Gasteiger partial charge in [0.2, 0.25) is 0 Å². The van der Waals surface area contributed by atoms with Crippen LogP contribution in [0, 0.1) is 5.41 Å². The topological polar surface area (TPSA) is 54.0 Å². The highest BCUT2D eigenvalue weighted by molar-refractivity contribution is 5.92. The summed E-state index contributed by atoms with van der Waals surface area (Å²) < 4.78 is 0. The van der Waals surface area contributed by atoms with Gasteiger partial charge in [-0.1, -0.05) is 6.92 Å². The summed E-state index contributed by atoms with van der Waals surface area (Å²) in [5.41, 5.74) is 1.76. The number of carbonyl (C=O) groups is 1. The van der Waals surface area contributed by atoms with Crippen LogP contribution in [0.15, 0.2) is 18.3 Å². The van der Waals surface area contributed by atoms with Crippen molar-refractivity contribution < 1.29 is 4.79 Å². The molecule has 1 fully saturated rings. The number of hydrogen-bond donors (Lipinski definition) is 2. The Kier molecular flexibility index (Phi) is 3.31. The molecule has 0 bridgehead atoms. The fourth-order valence-corrected chi connectivity index (χ4v) is 1.61. The van der Waals surface area contributed by atoms with Gasteiger partial charge in [-0.3, -0.25) is 4.79 Å². The molecule has 4 heteroatoms. The van der Waals surface area contributed by atoms with Gasteiger partial charge in [0.1, 0.15) is 5.69 Å². The van der Waals surface area contributed by atoms with Crippen molar-refractivity contribution >= 4 is 11.6 Å². The average Bonchev–Trinajstić information content (AvgIpc) is 3.06. The van der Waals surface area contributed by atoms with Crippen LogP contribution in [-0.2, 0) is 0 Å². The van der Waals surface area contributed by atoms with Crippen molar-refractivity contribution in [2.75, 3.05) is 18.4 Å². The third-order valence-corrected chi connectivity index (χ3v) is 3.16. The Hall–Kier alpha value is -1.58. The maximum atomic E-state index is 11.8. The highest BCUT2D eigenvalue weighted by atomic mass is 16.1. The molecule has 1 saturated carbocycles. The summed E-state index contributed by atoms with van der Waals surface area (Å²) in [6.07, 6.45) is 4.11. The molecule has 0 radical (unpaired) electrons. The van der Waals surface area contributed by atoms with Crippen LogP contribution in [0.5, 0.6) is 0 Å². The largest absolute Gasteiger partial charge is 0.384 e. The van der Waals surface area contributed by atoms with E-state index >= 15 is 0 Å². The van der Waals surface area contributed by atoms with E-state index in [1.807, 2.05) is 13.0 Å². The normalized spacial score (nSPS) is 16.4. The van der Waals surface area contributed by atoms with Crippen LogP contribution in [0.2, 0.25) is 0 Å². The zero-order chi connectivity index (χ0) is 12.3. The maximum Gasteiger partial charge on any atom is 0.269 e. The van der Waals surface area contributed by atoms with Crippen molar-refractivity contribution in [1.82, 2.24) is 10.3 Å². The van der Waals surface area contributed by atoms with E-state index in [-0.39, 0.29) is 5.91 Å². The van der Waals surface area contributed by atoms with E-state index in [0.717, 1.165) is 18.8 Å². The second-order valence-corrected chi connectivity index (χ2v) is 4.96. The van der Waals surface area contributed by atoms with Crippen LogP contribution < -0.4 is 10.6 Å². The van der Waals surface area contributed by atoms with Gasteiger partial charge in [-0.25, -0.2) is 4.98 Å². The van der Waals surface area contributed by atoms with E-state index in [9.17, 15) is 4.79 Å². The Bertz CT molecular complexity index is 396. The molecule has 2 N–H and O–H groups in total. The minimum Gasteiger partial charge on any atom is -0.384 e. The van der Waals surface area contributed by atoms with Gasteiger partial charge in [0.05, 0.1) is 11.9 Å². The summed E-state index contributed by atoms with van der Waals surface area (Å²) in [7, 11) is 0. The maximum absolute atomic E-state index is 11.8. The Morgan fingerprint density at radius 1 is 1.47 bits per heavy atom. The van der Waals surface area contributed by atoms with Gasteiger partial charge in [0, 0.05) is 13.1 Å². The first-order valence-corrected chi connectivity index (χ1v) is 6.11. The number of nitrogens with one attached hydrogen (secondary N) is 2. The fourth-order valence-electron chi connectivity index (χ4n) is 1.61. The van der Waals surface area contributed by atoms with Gasteiger partial charge >= 0.3 is 0 Å². The van der Waals surface area contributed by atoms with E-state index in [0.29, 0.717) is 11.1 Å². The van der Waals surface area contributed by atoms with Crippen LogP contribution in [0.1, 0.15) is 37.2 Å². The van der Waals surface area contributed by atoms with E-state index < -0.39 is 0 Å². The molecule has 1 aliphatic rings. The molecule has 0 aliphatic heterocycles. The number of pyridine rings is 1. The van der Waals surface area contributed by atoms with Gasteiger partial charge < -0.3 is 10.6 Å². The van der Waals surface area contributed by atoms with Gasteiger partial charge in [-0.05, 0) is 37.3 Å². The Morgan fingerprint density at radius 2 is 2.24 bits per heavy atom. The average molecular weight is 233 g/mol. The van der Waals surface area contributed by atoms with Crippen LogP contribution >= 0.6 is 0 Å². The molecule has 1 aliphatic carbocycles. The predicted molar refractivity (Wildman–Crippen MR) is 68.1 cm³/mol. The number of anilines is 1. The number of nitrogens with zero attached hydrogens (tertiary/aromatic N) is 1. The zero-order valence-corrected chi connectivity index (χ0v) is 10.4. The molecule has 1 aromatic rings. The Labute approximate surface area is 102 Å². The third-order valence-electron chi connectivity index (χ3n) is 3.16. The first kappa shape index (κ1) is 11.9. The number of carbonyl (C=O) groups excluding carboxylic acids is 1. The second kappa shape index (κ2) is 4.73. The highest BCUT2D eigenvalue weighted by Gasteiger charge is 2.37. The summed E-state index contributed by atoms with van der Waals surface area (Å²) in [6, 6.07) is 3.63. The first-order chi connectivity index (χ1) is 8.13. The third kappa shape index (κ3) is 3.19. The fraction of sp³-hybridized carbons (Fsp3) is 0.538. The number of hydrogen-bond acceptors (Lipinski definition) is 3. The van der Waals surface area contributed by atoms with Crippen molar-refractivity contribution in [2.24, 2.45) is 5.41 Å². The van der Waals surface area contributed by atoms with Crippen molar-refractivity contribution in [3.8, 4) is 0 Å². The van der Waals surface area contributed by atoms with Gasteiger partial charge in [-0.15, -0.1) is 0 Å². The van der Waals surface area contributed by atoms with E-state index in [4.69, 9.17) is 0 Å². The summed E-state index contributed by atoms with van der Waals surface area (Å²) in [4.78, 5) is 15.9. The molecule has 0 saturated heterocycles. The summed E-state index contributed by atoms with van der Waals surface area (Å²) in [5.74, 6) is -0.0822. The Balaban J connectivity index is 1.89. The SMILES string of the molecule is CCNc1ccc(C(=O)NCC2(C)CC2)nc1. The second-order valence-electron chi connectivity index (χ2n) is 4.96. The molecule has 0 unspecified atom stereocenters. The molecule has 1 heterocycles. The summed E-state index contributed by atoms with van der Waals surface area (Å²) in [6.45, 7) is 5.82.